The molecule has 2 fully saturated rings. The highest BCUT2D eigenvalue weighted by atomic mass is 16.7. The largest absolute Gasteiger partial charge is 0.353 e. The molecule has 0 saturated carbocycles. The molecule has 0 bridgehead atoms. The quantitative estimate of drug-likeness (QED) is 0.886. The second-order valence-electron chi connectivity index (χ2n) is 6.72. The molecular weight excluding hydrogens is 306 g/mol. The van der Waals surface area contributed by atoms with Gasteiger partial charge in [-0.25, -0.2) is 0 Å². The number of amides is 1. The average Bonchev–Trinajstić information content (AvgIpc) is 2.59. The first-order chi connectivity index (χ1) is 11.7. The summed E-state index contributed by atoms with van der Waals surface area (Å²) in [5.74, 6) is 0.441. The predicted molar refractivity (Wildman–Crippen MR) is 90.2 cm³/mol. The van der Waals surface area contributed by atoms with Gasteiger partial charge >= 0.3 is 0 Å². The summed E-state index contributed by atoms with van der Waals surface area (Å²) in [5.41, 5.74) is 1.10. The van der Waals surface area contributed by atoms with Crippen LogP contribution in [-0.4, -0.2) is 54.4 Å². The number of nitrogens with one attached hydrogen (secondary N) is 1. The van der Waals surface area contributed by atoms with Crippen LogP contribution in [0.2, 0.25) is 0 Å². The van der Waals surface area contributed by atoms with Crippen molar-refractivity contribution in [2.24, 2.45) is 5.92 Å². The van der Waals surface area contributed by atoms with Gasteiger partial charge < -0.3 is 14.8 Å². The maximum atomic E-state index is 12.2. The van der Waals surface area contributed by atoms with E-state index in [4.69, 9.17) is 9.47 Å². The highest BCUT2D eigenvalue weighted by Crippen LogP contribution is 2.19. The van der Waals surface area contributed by atoms with Crippen LogP contribution in [0.4, 0.5) is 0 Å². The Bertz CT molecular complexity index is 520. The Morgan fingerprint density at radius 2 is 2.21 bits per heavy atom. The zero-order valence-electron chi connectivity index (χ0n) is 14.3. The fourth-order valence-corrected chi connectivity index (χ4v) is 3.38. The molecule has 1 amide bonds. The molecule has 0 aromatic carbocycles. The molecule has 6 heteroatoms. The molecule has 1 aromatic rings. The standard InChI is InChI=1S/C18H27N3O3/c1-14-12-21(13-15-5-2-3-7-19-15)8-6-16(14)20-17(22)11-18-23-9-4-10-24-18/h2-3,5,7,14,16,18H,4,6,8-13H2,1H3,(H,20,22)/t14-,16-/m1/s1. The van der Waals surface area contributed by atoms with E-state index in [0.29, 0.717) is 25.6 Å². The lowest BCUT2D eigenvalue weighted by molar-refractivity contribution is -0.184. The molecular formula is C18H27N3O3. The molecule has 1 N–H and O–H groups in total. The van der Waals surface area contributed by atoms with Crippen molar-refractivity contribution in [1.29, 1.82) is 0 Å². The van der Waals surface area contributed by atoms with E-state index in [1.165, 1.54) is 0 Å². The van der Waals surface area contributed by atoms with Crippen LogP contribution < -0.4 is 5.32 Å². The molecule has 2 atom stereocenters. The smallest absolute Gasteiger partial charge is 0.225 e. The predicted octanol–water partition coefficient (Wildman–Crippen LogP) is 1.56. The Labute approximate surface area is 143 Å². The summed E-state index contributed by atoms with van der Waals surface area (Å²) in [5, 5.41) is 3.16. The number of likely N-dealkylation sites (tertiary alicyclic amines) is 1. The Hall–Kier alpha value is -1.50. The lowest BCUT2D eigenvalue weighted by Gasteiger charge is -2.37. The van der Waals surface area contributed by atoms with Gasteiger partial charge in [-0.3, -0.25) is 14.7 Å². The summed E-state index contributed by atoms with van der Waals surface area (Å²) >= 11 is 0. The SMILES string of the molecule is C[C@@H]1CN(Cc2ccccn2)CC[C@H]1NC(=O)CC1OCCCO1. The molecule has 1 aromatic heterocycles. The third-order valence-electron chi connectivity index (χ3n) is 4.70. The Morgan fingerprint density at radius 3 is 2.92 bits per heavy atom. The molecule has 132 valence electrons. The minimum Gasteiger partial charge on any atom is -0.353 e. The van der Waals surface area contributed by atoms with Crippen molar-refractivity contribution in [2.45, 2.75) is 45.1 Å². The maximum absolute atomic E-state index is 12.2. The Balaban J connectivity index is 1.42. The van der Waals surface area contributed by atoms with Gasteiger partial charge in [0.2, 0.25) is 5.91 Å². The summed E-state index contributed by atoms with van der Waals surface area (Å²) < 4.78 is 10.9. The summed E-state index contributed by atoms with van der Waals surface area (Å²) in [7, 11) is 0. The van der Waals surface area contributed by atoms with E-state index in [1.807, 2.05) is 18.3 Å². The van der Waals surface area contributed by atoms with Gasteiger partial charge in [0.1, 0.15) is 0 Å². The lowest BCUT2D eigenvalue weighted by atomic mass is 9.93. The van der Waals surface area contributed by atoms with Crippen LogP contribution in [0.25, 0.3) is 0 Å². The molecule has 3 heterocycles. The van der Waals surface area contributed by atoms with Crippen LogP contribution in [0.1, 0.15) is 31.9 Å². The van der Waals surface area contributed by atoms with Gasteiger partial charge in [0, 0.05) is 31.9 Å². The number of hydrogen-bond acceptors (Lipinski definition) is 5. The minimum atomic E-state index is -0.377. The Kier molecular flexibility index (Phi) is 6.18. The number of nitrogens with zero attached hydrogens (tertiary/aromatic N) is 2. The van der Waals surface area contributed by atoms with E-state index in [2.05, 4.69) is 28.2 Å². The number of carbonyl (C=O) groups is 1. The summed E-state index contributed by atoms with van der Waals surface area (Å²) in [4.78, 5) is 19.0. The fourth-order valence-electron chi connectivity index (χ4n) is 3.38. The first-order valence-corrected chi connectivity index (χ1v) is 8.85. The second kappa shape index (κ2) is 8.55. The fraction of sp³-hybridized carbons (Fsp3) is 0.667. The normalized spacial score (nSPS) is 26.2. The molecule has 3 rings (SSSR count). The minimum absolute atomic E-state index is 0.0249. The number of carbonyl (C=O) groups excluding carboxylic acids is 1. The van der Waals surface area contributed by atoms with Crippen molar-refractivity contribution in [3.05, 3.63) is 30.1 Å². The van der Waals surface area contributed by atoms with Gasteiger partial charge in [-0.05, 0) is 30.9 Å². The molecule has 2 aliphatic heterocycles. The number of ether oxygens (including phenoxy) is 2. The van der Waals surface area contributed by atoms with Gasteiger partial charge in [-0.15, -0.1) is 0 Å². The summed E-state index contributed by atoms with van der Waals surface area (Å²) in [6.45, 7) is 6.37. The highest BCUT2D eigenvalue weighted by molar-refractivity contribution is 5.76. The third kappa shape index (κ3) is 5.00. The molecule has 24 heavy (non-hydrogen) atoms. The van der Waals surface area contributed by atoms with E-state index in [0.717, 1.165) is 38.2 Å². The van der Waals surface area contributed by atoms with E-state index in [1.54, 1.807) is 0 Å². The average molecular weight is 333 g/mol. The summed E-state index contributed by atoms with van der Waals surface area (Å²) in [6, 6.07) is 6.24. The van der Waals surface area contributed by atoms with E-state index >= 15 is 0 Å². The first kappa shape index (κ1) is 17.3. The number of aromatic nitrogens is 1. The number of pyridine rings is 1. The molecule has 6 nitrogen and oxygen atoms in total. The van der Waals surface area contributed by atoms with Crippen molar-refractivity contribution >= 4 is 5.91 Å². The monoisotopic (exact) mass is 333 g/mol. The first-order valence-electron chi connectivity index (χ1n) is 8.85. The molecule has 0 unspecified atom stereocenters. The maximum Gasteiger partial charge on any atom is 0.225 e. The van der Waals surface area contributed by atoms with Gasteiger partial charge in [0.15, 0.2) is 6.29 Å². The van der Waals surface area contributed by atoms with Crippen LogP contribution in [0, 0.1) is 5.92 Å². The van der Waals surface area contributed by atoms with Gasteiger partial charge in [-0.1, -0.05) is 13.0 Å². The van der Waals surface area contributed by atoms with Crippen molar-refractivity contribution in [3.8, 4) is 0 Å². The zero-order valence-corrected chi connectivity index (χ0v) is 14.3. The van der Waals surface area contributed by atoms with E-state index < -0.39 is 0 Å². The van der Waals surface area contributed by atoms with Crippen LogP contribution in [-0.2, 0) is 20.8 Å². The summed E-state index contributed by atoms with van der Waals surface area (Å²) in [6.07, 6.45) is 3.62. The van der Waals surface area contributed by atoms with Crippen LogP contribution in [0.3, 0.4) is 0 Å². The molecule has 0 spiro atoms. The zero-order chi connectivity index (χ0) is 16.8. The van der Waals surface area contributed by atoms with Gasteiger partial charge in [0.25, 0.3) is 0 Å². The number of rotatable bonds is 5. The molecule has 0 radical (unpaired) electrons. The molecule has 2 saturated heterocycles. The van der Waals surface area contributed by atoms with Crippen LogP contribution in [0.5, 0.6) is 0 Å². The van der Waals surface area contributed by atoms with Gasteiger partial charge in [0.05, 0.1) is 25.3 Å². The second-order valence-corrected chi connectivity index (χ2v) is 6.72. The lowest BCUT2D eigenvalue weighted by Crippen LogP contribution is -2.50. The van der Waals surface area contributed by atoms with Crippen molar-refractivity contribution in [3.63, 3.8) is 0 Å². The van der Waals surface area contributed by atoms with Crippen molar-refractivity contribution < 1.29 is 14.3 Å². The van der Waals surface area contributed by atoms with Crippen molar-refractivity contribution in [2.75, 3.05) is 26.3 Å². The highest BCUT2D eigenvalue weighted by Gasteiger charge is 2.28. The van der Waals surface area contributed by atoms with Crippen LogP contribution >= 0.6 is 0 Å². The number of hydrogen-bond donors (Lipinski definition) is 1. The number of piperidine rings is 1. The topological polar surface area (TPSA) is 63.7 Å². The van der Waals surface area contributed by atoms with Crippen LogP contribution in [0.15, 0.2) is 24.4 Å². The third-order valence-corrected chi connectivity index (χ3v) is 4.70. The van der Waals surface area contributed by atoms with E-state index in [9.17, 15) is 4.79 Å². The van der Waals surface area contributed by atoms with Crippen molar-refractivity contribution in [1.82, 2.24) is 15.2 Å². The Morgan fingerprint density at radius 1 is 1.38 bits per heavy atom. The molecule has 2 aliphatic rings. The van der Waals surface area contributed by atoms with E-state index in [-0.39, 0.29) is 18.2 Å². The van der Waals surface area contributed by atoms with Gasteiger partial charge in [-0.2, -0.15) is 0 Å². The molecule has 0 aliphatic carbocycles.